The van der Waals surface area contributed by atoms with E-state index in [2.05, 4.69) is 5.32 Å². The number of hydrogen-bond donors (Lipinski definition) is 2. The number of hydrogen-bond acceptors (Lipinski definition) is 7. The number of unbranched alkanes of at least 4 members (excludes halogenated alkanes) is 2. The van der Waals surface area contributed by atoms with Gasteiger partial charge in [0.25, 0.3) is 5.91 Å². The van der Waals surface area contributed by atoms with Gasteiger partial charge in [-0.15, -0.1) is 0 Å². The second-order valence-corrected chi connectivity index (χ2v) is 9.44. The SMILES string of the molecule is CN(C)CCN(/C=C(/C#N)C(=O)NCCCCCC(=O)O)C1CCS(=O)(=O)C1. The van der Waals surface area contributed by atoms with E-state index in [0.29, 0.717) is 45.3 Å². The van der Waals surface area contributed by atoms with Crippen molar-refractivity contribution in [2.45, 2.75) is 38.1 Å². The summed E-state index contributed by atoms with van der Waals surface area (Å²) in [4.78, 5) is 26.5. The summed E-state index contributed by atoms with van der Waals surface area (Å²) in [6, 6.07) is 1.66. The molecule has 1 unspecified atom stereocenters. The number of amides is 1. The Labute approximate surface area is 166 Å². The van der Waals surface area contributed by atoms with Crippen molar-refractivity contribution in [3.05, 3.63) is 11.8 Å². The van der Waals surface area contributed by atoms with Gasteiger partial charge in [-0.05, 0) is 33.4 Å². The van der Waals surface area contributed by atoms with Gasteiger partial charge in [-0.25, -0.2) is 8.42 Å². The maximum Gasteiger partial charge on any atom is 0.303 e. The van der Waals surface area contributed by atoms with E-state index >= 15 is 0 Å². The van der Waals surface area contributed by atoms with E-state index in [4.69, 9.17) is 5.11 Å². The van der Waals surface area contributed by atoms with Gasteiger partial charge in [0.2, 0.25) is 0 Å². The van der Waals surface area contributed by atoms with E-state index in [-0.39, 0.29) is 29.5 Å². The molecule has 1 fully saturated rings. The molecular weight excluding hydrogens is 384 g/mol. The van der Waals surface area contributed by atoms with E-state index in [1.165, 1.54) is 6.20 Å². The van der Waals surface area contributed by atoms with Crippen LogP contribution in [0, 0.1) is 11.3 Å². The second kappa shape index (κ2) is 11.7. The van der Waals surface area contributed by atoms with E-state index in [1.807, 2.05) is 25.1 Å². The number of rotatable bonds is 12. The van der Waals surface area contributed by atoms with Gasteiger partial charge in [0.1, 0.15) is 11.6 Å². The standard InChI is InChI=1S/C18H30N4O5S/c1-21(2)9-10-22(16-7-11-28(26,27)14-16)13-15(12-19)18(25)20-8-5-3-4-6-17(23)24/h13,16H,3-11,14H2,1-2H3,(H,20,25)(H,23,24)/b15-13-. The topological polar surface area (TPSA) is 131 Å². The molecule has 1 amide bonds. The van der Waals surface area contributed by atoms with Crippen molar-refractivity contribution in [1.82, 2.24) is 15.1 Å². The lowest BCUT2D eigenvalue weighted by atomic mass is 10.2. The average Bonchev–Trinajstić information content (AvgIpc) is 2.97. The fourth-order valence-corrected chi connectivity index (χ4v) is 4.63. The molecule has 0 aromatic carbocycles. The van der Waals surface area contributed by atoms with E-state index in [9.17, 15) is 23.3 Å². The third-order valence-corrected chi connectivity index (χ3v) is 6.25. The summed E-state index contributed by atoms with van der Waals surface area (Å²) in [7, 11) is 0.716. The zero-order valence-electron chi connectivity index (χ0n) is 16.6. The maximum absolute atomic E-state index is 12.3. The molecule has 9 nitrogen and oxygen atoms in total. The number of carbonyl (C=O) groups excluding carboxylic acids is 1. The van der Waals surface area contributed by atoms with Gasteiger partial charge in [0.15, 0.2) is 9.84 Å². The number of sulfone groups is 1. The summed E-state index contributed by atoms with van der Waals surface area (Å²) < 4.78 is 23.6. The molecule has 1 atom stereocenters. The highest BCUT2D eigenvalue weighted by atomic mass is 32.2. The van der Waals surface area contributed by atoms with Crippen LogP contribution in [0.25, 0.3) is 0 Å². The third-order valence-electron chi connectivity index (χ3n) is 4.50. The predicted octanol–water partition coefficient (Wildman–Crippen LogP) is 0.206. The van der Waals surface area contributed by atoms with Crippen LogP contribution in [0.3, 0.4) is 0 Å². The molecule has 0 saturated carbocycles. The van der Waals surface area contributed by atoms with Gasteiger partial charge in [0, 0.05) is 38.3 Å². The summed E-state index contributed by atoms with van der Waals surface area (Å²) in [6.07, 6.45) is 3.89. The van der Waals surface area contributed by atoms with Crippen LogP contribution in [0.2, 0.25) is 0 Å². The lowest BCUT2D eigenvalue weighted by molar-refractivity contribution is -0.137. The van der Waals surface area contributed by atoms with Crippen LogP contribution in [0.5, 0.6) is 0 Å². The fourth-order valence-electron chi connectivity index (χ4n) is 2.88. The van der Waals surface area contributed by atoms with Gasteiger partial charge in [-0.3, -0.25) is 9.59 Å². The molecule has 0 spiro atoms. The van der Waals surface area contributed by atoms with E-state index in [1.54, 1.807) is 4.90 Å². The van der Waals surface area contributed by atoms with Crippen molar-refractivity contribution in [2.24, 2.45) is 0 Å². The largest absolute Gasteiger partial charge is 0.481 e. The summed E-state index contributed by atoms with van der Waals surface area (Å²) in [5.74, 6) is -1.20. The molecule has 0 aromatic rings. The highest BCUT2D eigenvalue weighted by Gasteiger charge is 2.31. The number of nitrogens with one attached hydrogen (secondary N) is 1. The van der Waals surface area contributed by atoms with Crippen LogP contribution in [0.15, 0.2) is 11.8 Å². The molecule has 1 aliphatic heterocycles. The van der Waals surface area contributed by atoms with Crippen molar-refractivity contribution in [3.8, 4) is 6.07 Å². The average molecular weight is 415 g/mol. The molecule has 1 aliphatic rings. The molecule has 0 bridgehead atoms. The Kier molecular flexibility index (Phi) is 9.96. The predicted molar refractivity (Wildman–Crippen MR) is 105 cm³/mol. The highest BCUT2D eigenvalue weighted by Crippen LogP contribution is 2.19. The number of nitriles is 1. The first kappa shape index (κ1) is 23.9. The lowest BCUT2D eigenvalue weighted by Gasteiger charge is -2.28. The number of nitrogens with zero attached hydrogens (tertiary/aromatic N) is 3. The molecule has 28 heavy (non-hydrogen) atoms. The quantitative estimate of drug-likeness (QED) is 0.263. The van der Waals surface area contributed by atoms with Crippen molar-refractivity contribution in [3.63, 3.8) is 0 Å². The first-order chi connectivity index (χ1) is 13.1. The minimum Gasteiger partial charge on any atom is -0.481 e. The Morgan fingerprint density at radius 3 is 2.50 bits per heavy atom. The van der Waals surface area contributed by atoms with Crippen LogP contribution in [0.4, 0.5) is 0 Å². The maximum atomic E-state index is 12.3. The van der Waals surface area contributed by atoms with Gasteiger partial charge >= 0.3 is 5.97 Å². The first-order valence-electron chi connectivity index (χ1n) is 9.37. The Hall–Kier alpha value is -2.12. The van der Waals surface area contributed by atoms with Crippen molar-refractivity contribution in [1.29, 1.82) is 5.26 Å². The highest BCUT2D eigenvalue weighted by molar-refractivity contribution is 7.91. The van der Waals surface area contributed by atoms with Gasteiger partial charge in [-0.1, -0.05) is 6.42 Å². The van der Waals surface area contributed by atoms with Crippen LogP contribution >= 0.6 is 0 Å². The second-order valence-electron chi connectivity index (χ2n) is 7.21. The minimum absolute atomic E-state index is 0.0286. The fraction of sp³-hybridized carbons (Fsp3) is 0.722. The lowest BCUT2D eigenvalue weighted by Crippen LogP contribution is -2.38. The van der Waals surface area contributed by atoms with Gasteiger partial charge in [0.05, 0.1) is 11.5 Å². The third kappa shape index (κ3) is 9.19. The molecule has 1 heterocycles. The molecule has 10 heteroatoms. The Morgan fingerprint density at radius 1 is 1.25 bits per heavy atom. The van der Waals surface area contributed by atoms with Crippen LogP contribution in [0.1, 0.15) is 32.1 Å². The van der Waals surface area contributed by atoms with E-state index < -0.39 is 21.7 Å². The first-order valence-corrected chi connectivity index (χ1v) is 11.2. The smallest absolute Gasteiger partial charge is 0.303 e. The normalized spacial score (nSPS) is 18.6. The molecule has 1 rings (SSSR count). The van der Waals surface area contributed by atoms with Crippen molar-refractivity contribution in [2.75, 3.05) is 45.2 Å². The summed E-state index contributed by atoms with van der Waals surface area (Å²) in [5, 5.41) is 20.6. The zero-order valence-corrected chi connectivity index (χ0v) is 17.4. The molecule has 2 N–H and O–H groups in total. The van der Waals surface area contributed by atoms with Crippen LogP contribution in [-0.2, 0) is 19.4 Å². The Bertz CT molecular complexity index is 712. The summed E-state index contributed by atoms with van der Waals surface area (Å²) in [5.41, 5.74) is -0.0615. The minimum atomic E-state index is -3.08. The molecular formula is C18H30N4O5S. The number of carboxylic acids is 1. The summed E-state index contributed by atoms with van der Waals surface area (Å²) in [6.45, 7) is 1.53. The molecule has 1 saturated heterocycles. The molecule has 0 aromatic heterocycles. The monoisotopic (exact) mass is 414 g/mol. The number of aliphatic carboxylic acids is 1. The van der Waals surface area contributed by atoms with Crippen molar-refractivity contribution < 1.29 is 23.1 Å². The number of carbonyl (C=O) groups is 2. The molecule has 0 aliphatic carbocycles. The van der Waals surface area contributed by atoms with Gasteiger partial charge < -0.3 is 20.2 Å². The van der Waals surface area contributed by atoms with Crippen LogP contribution < -0.4 is 5.32 Å². The number of likely N-dealkylation sites (N-methyl/N-ethyl adjacent to an activating group) is 1. The zero-order chi connectivity index (χ0) is 21.2. The number of carboxylic acid groups (broad SMARTS) is 1. The van der Waals surface area contributed by atoms with Crippen molar-refractivity contribution >= 4 is 21.7 Å². The Morgan fingerprint density at radius 2 is 1.96 bits per heavy atom. The molecule has 0 radical (unpaired) electrons. The van der Waals surface area contributed by atoms with E-state index in [0.717, 1.165) is 0 Å². The Balaban J connectivity index is 2.67. The van der Waals surface area contributed by atoms with Gasteiger partial charge in [-0.2, -0.15) is 5.26 Å². The molecule has 158 valence electrons. The van der Waals surface area contributed by atoms with Crippen LogP contribution in [-0.4, -0.2) is 86.5 Å². The summed E-state index contributed by atoms with van der Waals surface area (Å²) >= 11 is 0.